The fraction of sp³-hybridized carbons (Fsp3) is 0.833. The number of carbonyl (C=O) groups excluding carboxylic acids is 1. The van der Waals surface area contributed by atoms with E-state index in [1.54, 1.807) is 0 Å². The standard InChI is InChI=1S/C6H11NO4S/c1-11-6(8)5-7-3-2-4-12(5,9)10/h5,7H,2-4H2,1H3. The quantitative estimate of drug-likeness (QED) is 0.535. The Bertz CT molecular complexity index is 271. The molecule has 5 nitrogen and oxygen atoms in total. The van der Waals surface area contributed by atoms with E-state index in [1.165, 1.54) is 7.11 Å². The molecule has 1 aliphatic rings. The number of hydrogen-bond acceptors (Lipinski definition) is 5. The maximum Gasteiger partial charge on any atom is 0.338 e. The van der Waals surface area contributed by atoms with E-state index < -0.39 is 21.2 Å². The van der Waals surface area contributed by atoms with E-state index in [0.717, 1.165) is 0 Å². The zero-order chi connectivity index (χ0) is 9.19. The molecule has 70 valence electrons. The number of ether oxygens (including phenoxy) is 1. The molecule has 1 N–H and O–H groups in total. The second kappa shape index (κ2) is 3.40. The third-order valence-corrected chi connectivity index (χ3v) is 3.64. The van der Waals surface area contributed by atoms with Crippen LogP contribution in [0.3, 0.4) is 0 Å². The molecule has 0 saturated carbocycles. The fourth-order valence-electron chi connectivity index (χ4n) is 1.09. The molecule has 0 aliphatic carbocycles. The minimum absolute atomic E-state index is 0.0553. The van der Waals surface area contributed by atoms with Crippen molar-refractivity contribution in [3.05, 3.63) is 0 Å². The number of esters is 1. The van der Waals surface area contributed by atoms with Gasteiger partial charge in [-0.1, -0.05) is 0 Å². The minimum atomic E-state index is -3.32. The van der Waals surface area contributed by atoms with Crippen molar-refractivity contribution in [1.29, 1.82) is 0 Å². The number of rotatable bonds is 1. The summed E-state index contributed by atoms with van der Waals surface area (Å²) in [6.45, 7) is 0.541. The lowest BCUT2D eigenvalue weighted by atomic mass is 10.4. The van der Waals surface area contributed by atoms with Gasteiger partial charge in [0.25, 0.3) is 0 Å². The van der Waals surface area contributed by atoms with Crippen LogP contribution in [0.4, 0.5) is 0 Å². The molecule has 0 aromatic carbocycles. The highest BCUT2D eigenvalue weighted by atomic mass is 32.2. The van der Waals surface area contributed by atoms with E-state index in [4.69, 9.17) is 0 Å². The molecule has 0 spiro atoms. The van der Waals surface area contributed by atoms with Crippen LogP contribution in [0.5, 0.6) is 0 Å². The SMILES string of the molecule is COC(=O)C1NCCCS1(=O)=O. The molecular weight excluding hydrogens is 182 g/mol. The molecule has 6 heteroatoms. The Morgan fingerprint density at radius 1 is 1.58 bits per heavy atom. The molecule has 0 radical (unpaired) electrons. The lowest BCUT2D eigenvalue weighted by Crippen LogP contribution is -2.49. The minimum Gasteiger partial charge on any atom is -0.467 e. The number of nitrogens with one attached hydrogen (secondary N) is 1. The van der Waals surface area contributed by atoms with Crippen LogP contribution >= 0.6 is 0 Å². The predicted molar refractivity (Wildman–Crippen MR) is 42.2 cm³/mol. The number of carbonyl (C=O) groups is 1. The monoisotopic (exact) mass is 193 g/mol. The summed E-state index contributed by atoms with van der Waals surface area (Å²) in [6.07, 6.45) is 0.551. The molecule has 1 heterocycles. The van der Waals surface area contributed by atoms with Gasteiger partial charge in [0.05, 0.1) is 12.9 Å². The highest BCUT2D eigenvalue weighted by Crippen LogP contribution is 2.08. The van der Waals surface area contributed by atoms with Crippen molar-refractivity contribution in [3.63, 3.8) is 0 Å². The van der Waals surface area contributed by atoms with Gasteiger partial charge in [0.2, 0.25) is 5.37 Å². The molecule has 1 unspecified atom stereocenters. The third kappa shape index (κ3) is 1.75. The molecule has 0 aromatic heterocycles. The maximum atomic E-state index is 11.2. The van der Waals surface area contributed by atoms with E-state index in [0.29, 0.717) is 13.0 Å². The van der Waals surface area contributed by atoms with Crippen LogP contribution in [-0.4, -0.2) is 39.2 Å². The van der Waals surface area contributed by atoms with Gasteiger partial charge in [-0.15, -0.1) is 0 Å². The average Bonchev–Trinajstić information content (AvgIpc) is 2.02. The van der Waals surface area contributed by atoms with Crippen molar-refractivity contribution in [3.8, 4) is 0 Å². The first-order valence-electron chi connectivity index (χ1n) is 3.61. The summed E-state index contributed by atoms with van der Waals surface area (Å²) in [5.41, 5.74) is 0. The van der Waals surface area contributed by atoms with Gasteiger partial charge in [0, 0.05) is 0 Å². The Balaban J connectivity index is 2.80. The van der Waals surface area contributed by atoms with Gasteiger partial charge in [0.1, 0.15) is 0 Å². The second-order valence-corrected chi connectivity index (χ2v) is 4.78. The number of sulfone groups is 1. The van der Waals surface area contributed by atoms with Gasteiger partial charge in [-0.3, -0.25) is 5.32 Å². The van der Waals surface area contributed by atoms with E-state index in [2.05, 4.69) is 10.1 Å². The van der Waals surface area contributed by atoms with E-state index in [-0.39, 0.29) is 5.75 Å². The van der Waals surface area contributed by atoms with Gasteiger partial charge >= 0.3 is 5.97 Å². The van der Waals surface area contributed by atoms with Gasteiger partial charge in [0.15, 0.2) is 9.84 Å². The summed E-state index contributed by atoms with van der Waals surface area (Å²) in [5.74, 6) is -0.672. The second-order valence-electron chi connectivity index (χ2n) is 2.58. The lowest BCUT2D eigenvalue weighted by Gasteiger charge is -2.21. The molecule has 12 heavy (non-hydrogen) atoms. The molecule has 0 amide bonds. The first-order chi connectivity index (χ1) is 5.58. The van der Waals surface area contributed by atoms with Crippen molar-refractivity contribution >= 4 is 15.8 Å². The third-order valence-electron chi connectivity index (χ3n) is 1.71. The van der Waals surface area contributed by atoms with Crippen LogP contribution in [0.1, 0.15) is 6.42 Å². The molecule has 0 bridgehead atoms. The van der Waals surface area contributed by atoms with Crippen LogP contribution in [0, 0.1) is 0 Å². The Kier molecular flexibility index (Phi) is 2.69. The van der Waals surface area contributed by atoms with E-state index in [1.807, 2.05) is 0 Å². The lowest BCUT2D eigenvalue weighted by molar-refractivity contribution is -0.140. The summed E-state index contributed by atoms with van der Waals surface area (Å²) < 4.78 is 26.8. The predicted octanol–water partition coefficient (Wildman–Crippen LogP) is -1.11. The normalized spacial score (nSPS) is 27.9. The van der Waals surface area contributed by atoms with Crippen LogP contribution in [-0.2, 0) is 19.4 Å². The Labute approximate surface area is 71.0 Å². The van der Waals surface area contributed by atoms with E-state index in [9.17, 15) is 13.2 Å². The Morgan fingerprint density at radius 3 is 2.75 bits per heavy atom. The van der Waals surface area contributed by atoms with Gasteiger partial charge in [-0.05, 0) is 13.0 Å². The number of methoxy groups -OCH3 is 1. The zero-order valence-corrected chi connectivity index (χ0v) is 7.56. The first kappa shape index (κ1) is 9.47. The molecule has 1 saturated heterocycles. The Hall–Kier alpha value is -0.620. The van der Waals surface area contributed by atoms with Crippen molar-refractivity contribution in [2.75, 3.05) is 19.4 Å². The van der Waals surface area contributed by atoms with Crippen molar-refractivity contribution in [1.82, 2.24) is 5.32 Å². The van der Waals surface area contributed by atoms with Crippen LogP contribution in [0.25, 0.3) is 0 Å². The van der Waals surface area contributed by atoms with Crippen LogP contribution < -0.4 is 5.32 Å². The number of hydrogen-bond donors (Lipinski definition) is 1. The smallest absolute Gasteiger partial charge is 0.338 e. The fourth-order valence-corrected chi connectivity index (χ4v) is 2.63. The zero-order valence-electron chi connectivity index (χ0n) is 6.74. The summed E-state index contributed by atoms with van der Waals surface area (Å²) >= 11 is 0. The van der Waals surface area contributed by atoms with Gasteiger partial charge < -0.3 is 4.74 Å². The highest BCUT2D eigenvalue weighted by Gasteiger charge is 2.35. The molecular formula is C6H11NO4S. The first-order valence-corrected chi connectivity index (χ1v) is 5.32. The molecule has 0 aromatic rings. The molecule has 1 rings (SSSR count). The van der Waals surface area contributed by atoms with Gasteiger partial charge in [-0.25, -0.2) is 13.2 Å². The Morgan fingerprint density at radius 2 is 2.25 bits per heavy atom. The molecule has 1 aliphatic heterocycles. The van der Waals surface area contributed by atoms with Crippen molar-refractivity contribution < 1.29 is 17.9 Å². The highest BCUT2D eigenvalue weighted by molar-refractivity contribution is 7.92. The summed E-state index contributed by atoms with van der Waals surface area (Å²) in [4.78, 5) is 10.9. The summed E-state index contributed by atoms with van der Waals surface area (Å²) in [7, 11) is -2.15. The molecule has 1 atom stereocenters. The molecule has 1 fully saturated rings. The van der Waals surface area contributed by atoms with Crippen molar-refractivity contribution in [2.24, 2.45) is 0 Å². The maximum absolute atomic E-state index is 11.2. The summed E-state index contributed by atoms with van der Waals surface area (Å²) in [6, 6.07) is 0. The van der Waals surface area contributed by atoms with Gasteiger partial charge in [-0.2, -0.15) is 0 Å². The van der Waals surface area contributed by atoms with Crippen molar-refractivity contribution in [2.45, 2.75) is 11.8 Å². The van der Waals surface area contributed by atoms with E-state index >= 15 is 0 Å². The van der Waals surface area contributed by atoms with Crippen LogP contribution in [0.2, 0.25) is 0 Å². The largest absolute Gasteiger partial charge is 0.467 e. The topological polar surface area (TPSA) is 72.5 Å². The summed E-state index contributed by atoms with van der Waals surface area (Å²) in [5, 5.41) is 1.44. The average molecular weight is 193 g/mol. The van der Waals surface area contributed by atoms with Crippen LogP contribution in [0.15, 0.2) is 0 Å².